The molecule has 2 rings (SSSR count). The van der Waals surface area contributed by atoms with E-state index in [0.29, 0.717) is 10.6 Å². The molecule has 102 valence electrons. The number of fused-ring (bicyclic) bond motifs is 1. The minimum atomic E-state index is -0.668. The van der Waals surface area contributed by atoms with E-state index in [1.807, 2.05) is 25.1 Å². The summed E-state index contributed by atoms with van der Waals surface area (Å²) in [4.78, 5) is 12.5. The molecule has 0 aliphatic heterocycles. The first kappa shape index (κ1) is 13.8. The van der Waals surface area contributed by atoms with E-state index in [0.717, 1.165) is 15.6 Å². The van der Waals surface area contributed by atoms with Gasteiger partial charge in [-0.25, -0.2) is 0 Å². The average Bonchev–Trinajstić information content (AvgIpc) is 2.72. The molecule has 0 fully saturated rings. The number of amides is 1. The van der Waals surface area contributed by atoms with Crippen molar-refractivity contribution in [3.8, 4) is 0 Å². The van der Waals surface area contributed by atoms with Crippen LogP contribution in [-0.4, -0.2) is 35.4 Å². The predicted molar refractivity (Wildman–Crippen MR) is 76.4 cm³/mol. The van der Waals surface area contributed by atoms with E-state index in [2.05, 4.69) is 5.32 Å². The van der Waals surface area contributed by atoms with Gasteiger partial charge in [-0.1, -0.05) is 12.1 Å². The monoisotopic (exact) mass is 280 g/mol. The van der Waals surface area contributed by atoms with Gasteiger partial charge in [-0.05, 0) is 18.6 Å². The lowest BCUT2D eigenvalue weighted by Gasteiger charge is -2.12. The Morgan fingerprint density at radius 1 is 1.42 bits per heavy atom. The van der Waals surface area contributed by atoms with Gasteiger partial charge in [0.05, 0.1) is 24.9 Å². The number of carbonyl (C=O) groups is 1. The molecule has 0 spiro atoms. The molecule has 0 unspecified atom stereocenters. The summed E-state index contributed by atoms with van der Waals surface area (Å²) in [6.45, 7) is 1.35. The largest absolute Gasteiger partial charge is 0.397 e. The summed E-state index contributed by atoms with van der Waals surface area (Å²) in [7, 11) is 0. The molecule has 0 radical (unpaired) electrons. The lowest BCUT2D eigenvalue weighted by Crippen LogP contribution is -2.39. The van der Waals surface area contributed by atoms with Gasteiger partial charge in [-0.3, -0.25) is 4.79 Å². The molecule has 1 amide bonds. The highest BCUT2D eigenvalue weighted by atomic mass is 32.1. The highest BCUT2D eigenvalue weighted by Crippen LogP contribution is 2.34. The summed E-state index contributed by atoms with van der Waals surface area (Å²) in [6.07, 6.45) is 0. The van der Waals surface area contributed by atoms with Gasteiger partial charge in [-0.15, -0.1) is 11.3 Å². The second-order valence-electron chi connectivity index (χ2n) is 4.38. The van der Waals surface area contributed by atoms with Gasteiger partial charge < -0.3 is 21.3 Å². The van der Waals surface area contributed by atoms with Crippen molar-refractivity contribution in [3.05, 3.63) is 28.6 Å². The maximum absolute atomic E-state index is 12.0. The van der Waals surface area contributed by atoms with Gasteiger partial charge in [0.2, 0.25) is 0 Å². The number of benzene rings is 1. The van der Waals surface area contributed by atoms with E-state index in [1.54, 1.807) is 0 Å². The standard InChI is InChI=1S/C13H16N2O3S/c1-7-2-3-9-10(4-7)19-12(11(9)14)13(18)15-8(5-16)6-17/h2-4,8,16-17H,5-6,14H2,1H3,(H,15,18). The summed E-state index contributed by atoms with van der Waals surface area (Å²) in [6, 6.07) is 5.14. The van der Waals surface area contributed by atoms with Crippen LogP contribution in [0, 0.1) is 6.92 Å². The number of nitrogen functional groups attached to an aromatic ring is 1. The molecular formula is C13H16N2O3S. The number of hydrogen-bond acceptors (Lipinski definition) is 5. The first-order chi connectivity index (χ1) is 9.06. The summed E-state index contributed by atoms with van der Waals surface area (Å²) in [5, 5.41) is 21.3. The lowest BCUT2D eigenvalue weighted by atomic mass is 10.1. The molecule has 2 aromatic rings. The number of aryl methyl sites for hydroxylation is 1. The molecule has 0 saturated heterocycles. The third-order valence-electron chi connectivity index (χ3n) is 2.87. The zero-order valence-corrected chi connectivity index (χ0v) is 11.3. The van der Waals surface area contributed by atoms with Crippen molar-refractivity contribution in [1.29, 1.82) is 0 Å². The molecular weight excluding hydrogens is 264 g/mol. The quantitative estimate of drug-likeness (QED) is 0.668. The maximum Gasteiger partial charge on any atom is 0.263 e. The number of rotatable bonds is 4. The third-order valence-corrected chi connectivity index (χ3v) is 4.03. The molecule has 1 aromatic heterocycles. The Morgan fingerprint density at radius 2 is 2.11 bits per heavy atom. The minimum absolute atomic E-state index is 0.313. The van der Waals surface area contributed by atoms with Crippen LogP contribution in [-0.2, 0) is 0 Å². The zero-order chi connectivity index (χ0) is 14.0. The number of aliphatic hydroxyl groups excluding tert-OH is 2. The van der Waals surface area contributed by atoms with Gasteiger partial charge in [0.15, 0.2) is 0 Å². The number of hydrogen-bond donors (Lipinski definition) is 4. The van der Waals surface area contributed by atoms with Crippen molar-refractivity contribution in [2.45, 2.75) is 13.0 Å². The summed E-state index contributed by atoms with van der Waals surface area (Å²) < 4.78 is 0.951. The molecule has 1 heterocycles. The fourth-order valence-corrected chi connectivity index (χ4v) is 2.92. The Kier molecular flexibility index (Phi) is 4.04. The Hall–Kier alpha value is -1.63. The van der Waals surface area contributed by atoms with Crippen LogP contribution in [0.5, 0.6) is 0 Å². The molecule has 0 atom stereocenters. The van der Waals surface area contributed by atoms with Crippen LogP contribution < -0.4 is 11.1 Å². The molecule has 0 bridgehead atoms. The molecule has 5 N–H and O–H groups in total. The summed E-state index contributed by atoms with van der Waals surface area (Å²) >= 11 is 1.31. The number of thiophene rings is 1. The van der Waals surface area contributed by atoms with E-state index >= 15 is 0 Å². The van der Waals surface area contributed by atoms with Gasteiger partial charge in [0, 0.05) is 10.1 Å². The van der Waals surface area contributed by atoms with Gasteiger partial charge in [0.25, 0.3) is 5.91 Å². The van der Waals surface area contributed by atoms with E-state index in [-0.39, 0.29) is 19.1 Å². The third kappa shape index (κ3) is 2.70. The van der Waals surface area contributed by atoms with Crippen LogP contribution in [0.2, 0.25) is 0 Å². The Bertz CT molecular complexity index is 605. The van der Waals surface area contributed by atoms with E-state index in [4.69, 9.17) is 15.9 Å². The van der Waals surface area contributed by atoms with Crippen LogP contribution in [0.4, 0.5) is 5.69 Å². The second kappa shape index (κ2) is 5.56. The number of nitrogens with one attached hydrogen (secondary N) is 1. The van der Waals surface area contributed by atoms with Crippen LogP contribution >= 0.6 is 11.3 Å². The lowest BCUT2D eigenvalue weighted by molar-refractivity contribution is 0.0884. The molecule has 19 heavy (non-hydrogen) atoms. The predicted octanol–water partition coefficient (Wildman–Crippen LogP) is 0.875. The number of anilines is 1. The van der Waals surface area contributed by atoms with Crippen LogP contribution in [0.15, 0.2) is 18.2 Å². The number of aliphatic hydroxyl groups is 2. The van der Waals surface area contributed by atoms with Crippen LogP contribution in [0.25, 0.3) is 10.1 Å². The second-order valence-corrected chi connectivity index (χ2v) is 5.43. The van der Waals surface area contributed by atoms with E-state index < -0.39 is 6.04 Å². The van der Waals surface area contributed by atoms with Crippen molar-refractivity contribution in [2.24, 2.45) is 0 Å². The van der Waals surface area contributed by atoms with Gasteiger partial charge in [0.1, 0.15) is 4.88 Å². The number of carbonyl (C=O) groups excluding carboxylic acids is 1. The molecule has 5 nitrogen and oxygen atoms in total. The molecule has 0 aliphatic carbocycles. The summed E-state index contributed by atoms with van der Waals surface area (Å²) in [5.41, 5.74) is 7.51. The first-order valence-electron chi connectivity index (χ1n) is 5.88. The summed E-state index contributed by atoms with van der Waals surface area (Å²) in [5.74, 6) is -0.371. The first-order valence-corrected chi connectivity index (χ1v) is 6.69. The Labute approximate surface area is 114 Å². The van der Waals surface area contributed by atoms with Crippen molar-refractivity contribution in [1.82, 2.24) is 5.32 Å². The average molecular weight is 280 g/mol. The fourth-order valence-electron chi connectivity index (χ4n) is 1.79. The molecule has 0 saturated carbocycles. The fraction of sp³-hybridized carbons (Fsp3) is 0.308. The van der Waals surface area contributed by atoms with Crippen LogP contribution in [0.3, 0.4) is 0 Å². The number of nitrogens with two attached hydrogens (primary N) is 1. The van der Waals surface area contributed by atoms with E-state index in [1.165, 1.54) is 11.3 Å². The maximum atomic E-state index is 12.0. The molecule has 1 aromatic carbocycles. The van der Waals surface area contributed by atoms with Gasteiger partial charge in [-0.2, -0.15) is 0 Å². The van der Waals surface area contributed by atoms with Crippen LogP contribution in [0.1, 0.15) is 15.2 Å². The van der Waals surface area contributed by atoms with Crippen molar-refractivity contribution < 1.29 is 15.0 Å². The Balaban J connectivity index is 2.34. The van der Waals surface area contributed by atoms with Crippen molar-refractivity contribution in [2.75, 3.05) is 18.9 Å². The molecule has 0 aliphatic rings. The van der Waals surface area contributed by atoms with E-state index in [9.17, 15) is 4.79 Å². The molecule has 6 heteroatoms. The highest BCUT2D eigenvalue weighted by molar-refractivity contribution is 7.21. The normalized spacial score (nSPS) is 11.2. The SMILES string of the molecule is Cc1ccc2c(N)c(C(=O)NC(CO)CO)sc2c1. The highest BCUT2D eigenvalue weighted by Gasteiger charge is 2.18. The zero-order valence-electron chi connectivity index (χ0n) is 10.5. The van der Waals surface area contributed by atoms with Gasteiger partial charge >= 0.3 is 0 Å². The Morgan fingerprint density at radius 3 is 2.74 bits per heavy atom. The smallest absolute Gasteiger partial charge is 0.263 e. The topological polar surface area (TPSA) is 95.6 Å². The minimum Gasteiger partial charge on any atom is -0.397 e. The van der Waals surface area contributed by atoms with Crippen molar-refractivity contribution in [3.63, 3.8) is 0 Å². The van der Waals surface area contributed by atoms with Crippen molar-refractivity contribution >= 4 is 33.0 Å².